The molecule has 0 saturated heterocycles. The number of rotatable bonds is 7. The molecule has 0 bridgehead atoms. The molecule has 4 aromatic rings. The van der Waals surface area contributed by atoms with Crippen molar-refractivity contribution in [3.63, 3.8) is 0 Å². The molecule has 0 radical (unpaired) electrons. The zero-order chi connectivity index (χ0) is 22.5. The lowest BCUT2D eigenvalue weighted by atomic mass is 10.1. The Morgan fingerprint density at radius 3 is 2.72 bits per heavy atom. The van der Waals surface area contributed by atoms with E-state index in [0.29, 0.717) is 33.4 Å². The van der Waals surface area contributed by atoms with E-state index in [4.69, 9.17) is 9.15 Å². The number of benzene rings is 3. The molecule has 1 heterocycles. The van der Waals surface area contributed by atoms with E-state index in [1.165, 1.54) is 23.9 Å². The first-order chi connectivity index (χ1) is 15.5. The van der Waals surface area contributed by atoms with Gasteiger partial charge in [-0.15, -0.1) is 0 Å². The molecule has 6 nitrogen and oxygen atoms in total. The number of para-hydroxylation sites is 2. The highest BCUT2D eigenvalue weighted by molar-refractivity contribution is 7.98. The summed E-state index contributed by atoms with van der Waals surface area (Å²) in [6.45, 7) is 1.26. The largest absolute Gasteiger partial charge is 0.452 e. The van der Waals surface area contributed by atoms with Crippen LogP contribution in [0.1, 0.15) is 21.5 Å². The quantitative estimate of drug-likeness (QED) is 0.301. The van der Waals surface area contributed by atoms with Crippen molar-refractivity contribution in [3.05, 3.63) is 89.2 Å². The summed E-state index contributed by atoms with van der Waals surface area (Å²) in [5.41, 5.74) is 3.58. The first kappa shape index (κ1) is 21.6. The third-order valence-corrected chi connectivity index (χ3v) is 5.55. The Bertz CT molecular complexity index is 1250. The Hall–Kier alpha value is -3.65. The predicted molar refractivity (Wildman–Crippen MR) is 120 cm³/mol. The summed E-state index contributed by atoms with van der Waals surface area (Å²) in [5.74, 6) is -1.20. The number of esters is 1. The smallest absolute Gasteiger partial charge is 0.338 e. The van der Waals surface area contributed by atoms with Crippen LogP contribution in [0, 0.1) is 12.7 Å². The maximum absolute atomic E-state index is 13.4. The van der Waals surface area contributed by atoms with Gasteiger partial charge in [-0.2, -0.15) is 0 Å². The number of hydrogen-bond acceptors (Lipinski definition) is 6. The van der Waals surface area contributed by atoms with Crippen LogP contribution in [0.25, 0.3) is 11.1 Å². The first-order valence-electron chi connectivity index (χ1n) is 9.79. The minimum atomic E-state index is -0.620. The van der Waals surface area contributed by atoms with Gasteiger partial charge in [-0.1, -0.05) is 48.2 Å². The van der Waals surface area contributed by atoms with Gasteiger partial charge in [0.25, 0.3) is 11.1 Å². The zero-order valence-electron chi connectivity index (χ0n) is 17.1. The highest BCUT2D eigenvalue weighted by Crippen LogP contribution is 2.27. The maximum Gasteiger partial charge on any atom is 0.338 e. The lowest BCUT2D eigenvalue weighted by molar-refractivity contribution is -0.119. The average Bonchev–Trinajstić information content (AvgIpc) is 3.22. The Morgan fingerprint density at radius 2 is 1.88 bits per heavy atom. The van der Waals surface area contributed by atoms with Crippen molar-refractivity contribution in [2.45, 2.75) is 17.9 Å². The highest BCUT2D eigenvalue weighted by Gasteiger charge is 2.16. The highest BCUT2D eigenvalue weighted by atomic mass is 32.2. The van der Waals surface area contributed by atoms with Gasteiger partial charge >= 0.3 is 5.97 Å². The van der Waals surface area contributed by atoms with Crippen LogP contribution < -0.4 is 5.32 Å². The van der Waals surface area contributed by atoms with Crippen molar-refractivity contribution in [2.75, 3.05) is 11.9 Å². The number of nitrogens with one attached hydrogen (secondary N) is 1. The molecule has 0 aliphatic heterocycles. The molecule has 3 aromatic carbocycles. The molecule has 1 aromatic heterocycles. The fourth-order valence-corrected chi connectivity index (χ4v) is 3.86. The Kier molecular flexibility index (Phi) is 6.51. The van der Waals surface area contributed by atoms with Crippen molar-refractivity contribution >= 4 is 40.4 Å². The molecule has 0 saturated carbocycles. The third-order valence-electron chi connectivity index (χ3n) is 4.67. The van der Waals surface area contributed by atoms with Gasteiger partial charge in [0.15, 0.2) is 12.2 Å². The number of aromatic nitrogens is 1. The van der Waals surface area contributed by atoms with Gasteiger partial charge < -0.3 is 14.5 Å². The van der Waals surface area contributed by atoms with Crippen LogP contribution in [0.2, 0.25) is 0 Å². The molecule has 4 rings (SSSR count). The van der Waals surface area contributed by atoms with Gasteiger partial charge in [0.05, 0.1) is 5.56 Å². The normalized spacial score (nSPS) is 10.8. The molecule has 0 aliphatic rings. The first-order valence-corrected chi connectivity index (χ1v) is 10.8. The monoisotopic (exact) mass is 450 g/mol. The fourth-order valence-electron chi connectivity index (χ4n) is 3.02. The number of oxazole rings is 1. The topological polar surface area (TPSA) is 81.4 Å². The maximum atomic E-state index is 13.4. The molecule has 0 aliphatic carbocycles. The fraction of sp³-hybridized carbons (Fsp3) is 0.125. The van der Waals surface area contributed by atoms with Crippen molar-refractivity contribution in [1.29, 1.82) is 0 Å². The summed E-state index contributed by atoms with van der Waals surface area (Å²) in [5, 5.41) is 3.05. The van der Waals surface area contributed by atoms with Gasteiger partial charge in [-0.3, -0.25) is 4.79 Å². The van der Waals surface area contributed by atoms with Crippen molar-refractivity contribution in [3.8, 4) is 0 Å². The summed E-state index contributed by atoms with van der Waals surface area (Å²) in [7, 11) is 0. The van der Waals surface area contributed by atoms with Crippen LogP contribution in [0.15, 0.2) is 76.4 Å². The third kappa shape index (κ3) is 5.15. The van der Waals surface area contributed by atoms with E-state index in [2.05, 4.69) is 10.3 Å². The zero-order valence-corrected chi connectivity index (χ0v) is 17.9. The van der Waals surface area contributed by atoms with E-state index in [1.54, 1.807) is 25.1 Å². The number of fused-ring (bicyclic) bond motifs is 1. The summed E-state index contributed by atoms with van der Waals surface area (Å²) in [6.07, 6.45) is 0. The molecular weight excluding hydrogens is 431 g/mol. The van der Waals surface area contributed by atoms with Crippen LogP contribution >= 0.6 is 11.8 Å². The van der Waals surface area contributed by atoms with Gasteiger partial charge in [-0.05, 0) is 48.4 Å². The second-order valence-electron chi connectivity index (χ2n) is 6.98. The van der Waals surface area contributed by atoms with Gasteiger partial charge in [0, 0.05) is 11.4 Å². The van der Waals surface area contributed by atoms with E-state index >= 15 is 0 Å². The number of amides is 1. The second kappa shape index (κ2) is 9.65. The molecule has 1 N–H and O–H groups in total. The molecule has 162 valence electrons. The minimum absolute atomic E-state index is 0.334. The summed E-state index contributed by atoms with van der Waals surface area (Å²) >= 11 is 1.36. The Morgan fingerprint density at radius 1 is 1.09 bits per heavy atom. The van der Waals surface area contributed by atoms with Gasteiger partial charge in [0.2, 0.25) is 0 Å². The SMILES string of the molecule is Cc1ccc(F)cc1NC(=O)COC(=O)c1ccccc1CSc1nc2ccccc2o1. The van der Waals surface area contributed by atoms with Crippen LogP contribution in [0.3, 0.4) is 0 Å². The lowest BCUT2D eigenvalue weighted by Crippen LogP contribution is -2.21. The number of ether oxygens (including phenoxy) is 1. The number of anilines is 1. The second-order valence-corrected chi connectivity index (χ2v) is 7.90. The number of halogens is 1. The van der Waals surface area contributed by atoms with Crippen molar-refractivity contribution in [1.82, 2.24) is 4.98 Å². The van der Waals surface area contributed by atoms with E-state index in [0.717, 1.165) is 11.1 Å². The van der Waals surface area contributed by atoms with Crippen LogP contribution in [0.4, 0.5) is 10.1 Å². The predicted octanol–water partition coefficient (Wildman–Crippen LogP) is 5.36. The Balaban J connectivity index is 1.37. The van der Waals surface area contributed by atoms with E-state index in [9.17, 15) is 14.0 Å². The number of thioether (sulfide) groups is 1. The van der Waals surface area contributed by atoms with Crippen molar-refractivity contribution in [2.24, 2.45) is 0 Å². The van der Waals surface area contributed by atoms with Crippen LogP contribution in [0.5, 0.6) is 0 Å². The Labute approximate surface area is 187 Å². The van der Waals surface area contributed by atoms with Crippen LogP contribution in [-0.2, 0) is 15.3 Å². The molecule has 0 spiro atoms. The number of hydrogen-bond donors (Lipinski definition) is 1. The molecule has 0 fully saturated rings. The molecule has 0 unspecified atom stereocenters. The number of aryl methyl sites for hydroxylation is 1. The standard InChI is InChI=1S/C24H19FN2O4S/c1-15-10-11-17(25)12-20(15)26-22(28)13-30-23(29)18-7-3-2-6-16(18)14-32-24-27-19-8-4-5-9-21(19)31-24/h2-12H,13-14H2,1H3,(H,26,28). The molecule has 1 amide bonds. The molecule has 8 heteroatoms. The molecular formula is C24H19FN2O4S. The van der Waals surface area contributed by atoms with Crippen molar-refractivity contribution < 1.29 is 23.1 Å². The number of carbonyl (C=O) groups excluding carboxylic acids is 2. The summed E-state index contributed by atoms with van der Waals surface area (Å²) in [4.78, 5) is 29.2. The molecule has 32 heavy (non-hydrogen) atoms. The van der Waals surface area contributed by atoms with E-state index in [1.807, 2.05) is 36.4 Å². The van der Waals surface area contributed by atoms with E-state index < -0.39 is 24.3 Å². The van der Waals surface area contributed by atoms with Crippen LogP contribution in [-0.4, -0.2) is 23.5 Å². The average molecular weight is 450 g/mol. The summed E-state index contributed by atoms with van der Waals surface area (Å²) in [6, 6.07) is 18.5. The van der Waals surface area contributed by atoms with Gasteiger partial charge in [-0.25, -0.2) is 14.2 Å². The van der Waals surface area contributed by atoms with Gasteiger partial charge in [0.1, 0.15) is 11.3 Å². The molecule has 0 atom stereocenters. The lowest BCUT2D eigenvalue weighted by Gasteiger charge is -2.10. The minimum Gasteiger partial charge on any atom is -0.452 e. The number of carbonyl (C=O) groups is 2. The number of nitrogens with zero attached hydrogens (tertiary/aromatic N) is 1. The van der Waals surface area contributed by atoms with E-state index in [-0.39, 0.29) is 0 Å². The summed E-state index contributed by atoms with van der Waals surface area (Å²) < 4.78 is 24.3.